The van der Waals surface area contributed by atoms with Crippen LogP contribution in [0.5, 0.6) is 0 Å². The van der Waals surface area contributed by atoms with Gasteiger partial charge < -0.3 is 10.0 Å². The summed E-state index contributed by atoms with van der Waals surface area (Å²) in [4.78, 5) is 2.29. The maximum absolute atomic E-state index is 9.50. The third-order valence-electron chi connectivity index (χ3n) is 3.18. The summed E-state index contributed by atoms with van der Waals surface area (Å²) in [6, 6.07) is 10.5. The minimum absolute atomic E-state index is 0.0261. The van der Waals surface area contributed by atoms with Gasteiger partial charge in [0, 0.05) is 25.1 Å². The Kier molecular flexibility index (Phi) is 5.66. The predicted octanol–water partition coefficient (Wildman–Crippen LogP) is 2.92. The average molecular weight is 235 g/mol. The highest BCUT2D eigenvalue weighted by molar-refractivity contribution is 5.14. The molecular formula is C15H25NO. The van der Waals surface area contributed by atoms with Crippen molar-refractivity contribution in [1.82, 2.24) is 4.90 Å². The van der Waals surface area contributed by atoms with Gasteiger partial charge >= 0.3 is 0 Å². The van der Waals surface area contributed by atoms with Crippen LogP contribution in [0.1, 0.15) is 32.3 Å². The quantitative estimate of drug-likeness (QED) is 0.785. The van der Waals surface area contributed by atoms with E-state index in [1.54, 1.807) is 0 Å². The van der Waals surface area contributed by atoms with Crippen molar-refractivity contribution in [3.8, 4) is 0 Å². The molecule has 1 aromatic carbocycles. The first-order valence-corrected chi connectivity index (χ1v) is 6.43. The van der Waals surface area contributed by atoms with E-state index in [1.807, 2.05) is 6.07 Å². The Labute approximate surface area is 105 Å². The van der Waals surface area contributed by atoms with E-state index in [0.29, 0.717) is 0 Å². The maximum atomic E-state index is 9.50. The first-order chi connectivity index (χ1) is 8.09. The van der Waals surface area contributed by atoms with Gasteiger partial charge in [0.05, 0.1) is 0 Å². The molecule has 0 spiro atoms. The fourth-order valence-corrected chi connectivity index (χ4v) is 2.41. The van der Waals surface area contributed by atoms with Crippen molar-refractivity contribution in [2.24, 2.45) is 5.41 Å². The number of aliphatic hydroxyl groups excluding tert-OH is 1. The molecule has 0 bridgehead atoms. The van der Waals surface area contributed by atoms with E-state index in [-0.39, 0.29) is 12.0 Å². The molecule has 0 aliphatic rings. The predicted molar refractivity (Wildman–Crippen MR) is 72.9 cm³/mol. The van der Waals surface area contributed by atoms with E-state index in [1.165, 1.54) is 5.56 Å². The van der Waals surface area contributed by atoms with Crippen LogP contribution in [0.4, 0.5) is 0 Å². The standard InChI is InChI=1S/C15H25NO/c1-4-10-15(2,13-17)12-16(3)11-14-8-6-5-7-9-14/h5-9,17H,4,10-13H2,1-3H3. The Balaban J connectivity index is 2.51. The second-order valence-corrected chi connectivity index (χ2v) is 5.38. The summed E-state index contributed by atoms with van der Waals surface area (Å²) >= 11 is 0. The third-order valence-corrected chi connectivity index (χ3v) is 3.18. The van der Waals surface area contributed by atoms with E-state index < -0.39 is 0 Å². The molecule has 0 aromatic heterocycles. The van der Waals surface area contributed by atoms with Crippen LogP contribution >= 0.6 is 0 Å². The molecule has 0 radical (unpaired) electrons. The molecule has 0 aliphatic carbocycles. The molecule has 0 saturated heterocycles. The molecule has 1 atom stereocenters. The first kappa shape index (κ1) is 14.2. The van der Waals surface area contributed by atoms with Crippen molar-refractivity contribution in [3.05, 3.63) is 35.9 Å². The summed E-state index contributed by atoms with van der Waals surface area (Å²) in [6.45, 7) is 6.48. The van der Waals surface area contributed by atoms with Gasteiger partial charge in [0.2, 0.25) is 0 Å². The SMILES string of the molecule is CCCC(C)(CO)CN(C)Cc1ccccc1. The Morgan fingerprint density at radius 3 is 2.41 bits per heavy atom. The van der Waals surface area contributed by atoms with Crippen LogP contribution in [0.2, 0.25) is 0 Å². The van der Waals surface area contributed by atoms with Gasteiger partial charge in [-0.15, -0.1) is 0 Å². The molecule has 2 heteroatoms. The van der Waals surface area contributed by atoms with Gasteiger partial charge in [-0.05, 0) is 19.0 Å². The van der Waals surface area contributed by atoms with Crippen LogP contribution in [0.15, 0.2) is 30.3 Å². The fourth-order valence-electron chi connectivity index (χ4n) is 2.41. The second kappa shape index (κ2) is 6.77. The van der Waals surface area contributed by atoms with Gasteiger partial charge in [-0.1, -0.05) is 50.6 Å². The first-order valence-electron chi connectivity index (χ1n) is 6.43. The summed E-state index contributed by atoms with van der Waals surface area (Å²) in [5, 5.41) is 9.50. The van der Waals surface area contributed by atoms with Crippen molar-refractivity contribution >= 4 is 0 Å². The molecule has 17 heavy (non-hydrogen) atoms. The minimum atomic E-state index is 0.0261. The molecular weight excluding hydrogens is 210 g/mol. The number of benzene rings is 1. The van der Waals surface area contributed by atoms with Gasteiger partial charge in [-0.3, -0.25) is 0 Å². The lowest BCUT2D eigenvalue weighted by atomic mass is 9.86. The van der Waals surface area contributed by atoms with Gasteiger partial charge in [0.25, 0.3) is 0 Å². The van der Waals surface area contributed by atoms with E-state index in [0.717, 1.165) is 25.9 Å². The summed E-state index contributed by atoms with van der Waals surface area (Å²) in [5.74, 6) is 0. The lowest BCUT2D eigenvalue weighted by Crippen LogP contribution is -2.35. The second-order valence-electron chi connectivity index (χ2n) is 5.38. The molecule has 0 fully saturated rings. The molecule has 0 aliphatic heterocycles. The number of rotatable bonds is 7. The lowest BCUT2D eigenvalue weighted by molar-refractivity contribution is 0.0878. The van der Waals surface area contributed by atoms with Gasteiger partial charge in [-0.2, -0.15) is 0 Å². The molecule has 0 heterocycles. The van der Waals surface area contributed by atoms with Crippen molar-refractivity contribution in [3.63, 3.8) is 0 Å². The van der Waals surface area contributed by atoms with Crippen molar-refractivity contribution in [2.75, 3.05) is 20.2 Å². The smallest absolute Gasteiger partial charge is 0.0497 e. The molecule has 96 valence electrons. The Hall–Kier alpha value is -0.860. The molecule has 1 N–H and O–H groups in total. The zero-order valence-electron chi connectivity index (χ0n) is 11.3. The van der Waals surface area contributed by atoms with Crippen LogP contribution in [-0.2, 0) is 6.54 Å². The summed E-state index contributed by atoms with van der Waals surface area (Å²) in [5.41, 5.74) is 1.35. The monoisotopic (exact) mass is 235 g/mol. The number of nitrogens with zero attached hydrogens (tertiary/aromatic N) is 1. The molecule has 2 nitrogen and oxygen atoms in total. The van der Waals surface area contributed by atoms with Gasteiger partial charge in [0.1, 0.15) is 0 Å². The lowest BCUT2D eigenvalue weighted by Gasteiger charge is -2.32. The van der Waals surface area contributed by atoms with Crippen LogP contribution in [-0.4, -0.2) is 30.2 Å². The topological polar surface area (TPSA) is 23.5 Å². The summed E-state index contributed by atoms with van der Waals surface area (Å²) in [7, 11) is 2.12. The van der Waals surface area contributed by atoms with Crippen LogP contribution in [0.25, 0.3) is 0 Å². The molecule has 0 saturated carbocycles. The molecule has 1 rings (SSSR count). The summed E-state index contributed by atoms with van der Waals surface area (Å²) < 4.78 is 0. The number of hydrogen-bond donors (Lipinski definition) is 1. The highest BCUT2D eigenvalue weighted by Gasteiger charge is 2.24. The average Bonchev–Trinajstić information content (AvgIpc) is 2.30. The van der Waals surface area contributed by atoms with E-state index in [2.05, 4.69) is 50.1 Å². The molecule has 1 aromatic rings. The molecule has 0 amide bonds. The number of hydrogen-bond acceptors (Lipinski definition) is 2. The highest BCUT2D eigenvalue weighted by Crippen LogP contribution is 2.24. The normalized spacial score (nSPS) is 14.9. The van der Waals surface area contributed by atoms with Gasteiger partial charge in [0.15, 0.2) is 0 Å². The zero-order chi connectivity index (χ0) is 12.7. The minimum Gasteiger partial charge on any atom is -0.396 e. The van der Waals surface area contributed by atoms with Crippen LogP contribution in [0, 0.1) is 5.41 Å². The van der Waals surface area contributed by atoms with E-state index in [9.17, 15) is 5.11 Å². The maximum Gasteiger partial charge on any atom is 0.0497 e. The number of aliphatic hydroxyl groups is 1. The highest BCUT2D eigenvalue weighted by atomic mass is 16.3. The van der Waals surface area contributed by atoms with Crippen molar-refractivity contribution in [2.45, 2.75) is 33.2 Å². The molecule has 1 unspecified atom stereocenters. The zero-order valence-corrected chi connectivity index (χ0v) is 11.3. The third kappa shape index (κ3) is 4.88. The Bertz CT molecular complexity index is 312. The van der Waals surface area contributed by atoms with Crippen molar-refractivity contribution < 1.29 is 5.11 Å². The van der Waals surface area contributed by atoms with Crippen LogP contribution < -0.4 is 0 Å². The van der Waals surface area contributed by atoms with Crippen molar-refractivity contribution in [1.29, 1.82) is 0 Å². The van der Waals surface area contributed by atoms with Crippen LogP contribution in [0.3, 0.4) is 0 Å². The van der Waals surface area contributed by atoms with Gasteiger partial charge in [-0.25, -0.2) is 0 Å². The fraction of sp³-hybridized carbons (Fsp3) is 0.600. The van der Waals surface area contributed by atoms with E-state index in [4.69, 9.17) is 0 Å². The Morgan fingerprint density at radius 2 is 1.88 bits per heavy atom. The largest absolute Gasteiger partial charge is 0.396 e. The summed E-state index contributed by atoms with van der Waals surface area (Å²) in [6.07, 6.45) is 2.19. The van der Waals surface area contributed by atoms with E-state index >= 15 is 0 Å². The Morgan fingerprint density at radius 1 is 1.24 bits per heavy atom.